The van der Waals surface area contributed by atoms with Crippen molar-refractivity contribution >= 4 is 23.6 Å². The lowest BCUT2D eigenvalue weighted by atomic mass is 9.90. The zero-order chi connectivity index (χ0) is 18.2. The van der Waals surface area contributed by atoms with Gasteiger partial charge >= 0.3 is 5.97 Å². The molecule has 0 aliphatic carbocycles. The van der Waals surface area contributed by atoms with E-state index < -0.39 is 17.4 Å². The fourth-order valence-electron chi connectivity index (χ4n) is 1.73. The molecule has 6 heteroatoms. The maximum atomic E-state index is 11.8. The first-order chi connectivity index (χ1) is 11.3. The molecule has 1 N–H and O–H groups in total. The number of benzene rings is 1. The summed E-state index contributed by atoms with van der Waals surface area (Å²) in [6.45, 7) is 7.00. The minimum absolute atomic E-state index is 0.0481. The van der Waals surface area contributed by atoms with Gasteiger partial charge in [0.2, 0.25) is 0 Å². The van der Waals surface area contributed by atoms with Crippen molar-refractivity contribution in [2.75, 3.05) is 12.4 Å². The summed E-state index contributed by atoms with van der Waals surface area (Å²) in [5.41, 5.74) is 0.223. The Labute approximate surface area is 147 Å². The van der Waals surface area contributed by atoms with Crippen LogP contribution in [0.3, 0.4) is 0 Å². The zero-order valence-corrected chi connectivity index (χ0v) is 15.4. The molecule has 0 aliphatic heterocycles. The average Bonchev–Trinajstić information content (AvgIpc) is 2.54. The standard InChI is InChI=1S/C18H24N2O3S/c1-13(2)18(4,12-19)20-16(21)11-23-17(22)9-10-24-15-7-5-14(3)6-8-15/h5-8,13H,9-11H2,1-4H3,(H,20,21)/t18-/m1/s1. The number of nitrogens with zero attached hydrogens (tertiary/aromatic N) is 1. The normalized spacial score (nSPS) is 13.0. The molecule has 0 bridgehead atoms. The highest BCUT2D eigenvalue weighted by atomic mass is 32.2. The summed E-state index contributed by atoms with van der Waals surface area (Å²) < 4.78 is 4.96. The van der Waals surface area contributed by atoms with Crippen molar-refractivity contribution in [1.29, 1.82) is 5.26 Å². The second kappa shape index (κ2) is 9.33. The number of aryl methyl sites for hydroxylation is 1. The summed E-state index contributed by atoms with van der Waals surface area (Å²) in [5.74, 6) is -0.348. The molecular formula is C18H24N2O3S. The molecule has 24 heavy (non-hydrogen) atoms. The second-order valence-electron chi connectivity index (χ2n) is 6.09. The lowest BCUT2D eigenvalue weighted by molar-refractivity contribution is -0.148. The topological polar surface area (TPSA) is 79.2 Å². The van der Waals surface area contributed by atoms with Crippen molar-refractivity contribution in [2.45, 2.75) is 44.6 Å². The number of carbonyl (C=O) groups is 2. The van der Waals surface area contributed by atoms with Crippen LogP contribution < -0.4 is 5.32 Å². The van der Waals surface area contributed by atoms with Gasteiger partial charge in [-0.1, -0.05) is 31.5 Å². The monoisotopic (exact) mass is 348 g/mol. The Kier molecular flexibility index (Phi) is 7.80. The van der Waals surface area contributed by atoms with Gasteiger partial charge in [0, 0.05) is 10.6 Å². The molecule has 1 aromatic rings. The van der Waals surface area contributed by atoms with E-state index in [-0.39, 0.29) is 18.9 Å². The number of carbonyl (C=O) groups excluding carboxylic acids is 2. The van der Waals surface area contributed by atoms with Crippen LogP contribution in [0, 0.1) is 24.2 Å². The lowest BCUT2D eigenvalue weighted by Gasteiger charge is -2.27. The third-order valence-corrected chi connectivity index (χ3v) is 4.76. The molecule has 0 spiro atoms. The van der Waals surface area contributed by atoms with Crippen LogP contribution in [0.2, 0.25) is 0 Å². The van der Waals surface area contributed by atoms with Crippen LogP contribution >= 0.6 is 11.8 Å². The number of hydrogen-bond donors (Lipinski definition) is 1. The Morgan fingerprint density at radius 1 is 1.33 bits per heavy atom. The Hall–Kier alpha value is -2.00. The molecule has 130 valence electrons. The van der Waals surface area contributed by atoms with E-state index >= 15 is 0 Å². The molecule has 0 fully saturated rings. The molecule has 0 unspecified atom stereocenters. The largest absolute Gasteiger partial charge is 0.456 e. The Bertz CT molecular complexity index is 608. The first-order valence-electron chi connectivity index (χ1n) is 7.84. The van der Waals surface area contributed by atoms with Gasteiger partial charge in [0.1, 0.15) is 5.54 Å². The minimum atomic E-state index is -0.967. The maximum Gasteiger partial charge on any atom is 0.307 e. The van der Waals surface area contributed by atoms with Crippen LogP contribution in [0.15, 0.2) is 29.2 Å². The zero-order valence-electron chi connectivity index (χ0n) is 14.6. The molecule has 5 nitrogen and oxygen atoms in total. The van der Waals surface area contributed by atoms with Crippen molar-refractivity contribution in [3.63, 3.8) is 0 Å². The van der Waals surface area contributed by atoms with E-state index in [1.807, 2.05) is 45.0 Å². The van der Waals surface area contributed by atoms with E-state index in [9.17, 15) is 9.59 Å². The number of nitriles is 1. The fraction of sp³-hybridized carbons (Fsp3) is 0.500. The number of ether oxygens (including phenoxy) is 1. The van der Waals surface area contributed by atoms with Crippen molar-refractivity contribution in [1.82, 2.24) is 5.32 Å². The first-order valence-corrected chi connectivity index (χ1v) is 8.82. The van der Waals surface area contributed by atoms with Crippen LogP contribution in [0.5, 0.6) is 0 Å². The van der Waals surface area contributed by atoms with Gasteiger partial charge in [0.15, 0.2) is 6.61 Å². The Balaban J connectivity index is 2.29. The van der Waals surface area contributed by atoms with Gasteiger partial charge in [0.25, 0.3) is 5.91 Å². The number of amides is 1. The molecule has 0 aromatic heterocycles. The molecule has 1 aromatic carbocycles. The Morgan fingerprint density at radius 3 is 2.50 bits per heavy atom. The van der Waals surface area contributed by atoms with Crippen molar-refractivity contribution in [2.24, 2.45) is 5.92 Å². The lowest BCUT2D eigenvalue weighted by Crippen LogP contribution is -2.50. The molecule has 1 rings (SSSR count). The van der Waals surface area contributed by atoms with E-state index in [0.29, 0.717) is 5.75 Å². The van der Waals surface area contributed by atoms with Crippen molar-refractivity contribution in [3.8, 4) is 6.07 Å². The molecular weight excluding hydrogens is 324 g/mol. The smallest absolute Gasteiger partial charge is 0.307 e. The molecule has 0 saturated heterocycles. The van der Waals surface area contributed by atoms with Gasteiger partial charge in [-0.2, -0.15) is 5.26 Å². The highest BCUT2D eigenvalue weighted by Crippen LogP contribution is 2.19. The predicted octanol–water partition coefficient (Wildman–Crippen LogP) is 3.07. The van der Waals surface area contributed by atoms with E-state index in [4.69, 9.17) is 10.00 Å². The highest BCUT2D eigenvalue weighted by Gasteiger charge is 2.30. The third kappa shape index (κ3) is 6.63. The van der Waals surface area contributed by atoms with Crippen LogP contribution in [0.25, 0.3) is 0 Å². The quantitative estimate of drug-likeness (QED) is 0.577. The summed E-state index contributed by atoms with van der Waals surface area (Å²) in [7, 11) is 0. The van der Waals surface area contributed by atoms with Gasteiger partial charge in [-0.25, -0.2) is 0 Å². The number of rotatable bonds is 8. The molecule has 0 heterocycles. The summed E-state index contributed by atoms with van der Waals surface area (Å²) in [4.78, 5) is 24.6. The summed E-state index contributed by atoms with van der Waals surface area (Å²) in [6.07, 6.45) is 0.228. The van der Waals surface area contributed by atoms with E-state index in [1.54, 1.807) is 18.7 Å². The van der Waals surface area contributed by atoms with Gasteiger partial charge in [-0.05, 0) is 31.9 Å². The van der Waals surface area contributed by atoms with Gasteiger partial charge in [0.05, 0.1) is 12.5 Å². The predicted molar refractivity (Wildman–Crippen MR) is 94.5 cm³/mol. The Morgan fingerprint density at radius 2 is 1.96 bits per heavy atom. The fourth-order valence-corrected chi connectivity index (χ4v) is 2.56. The summed E-state index contributed by atoms with van der Waals surface area (Å²) in [5, 5.41) is 11.8. The molecule has 1 amide bonds. The summed E-state index contributed by atoms with van der Waals surface area (Å²) in [6, 6.07) is 10.1. The van der Waals surface area contributed by atoms with Crippen LogP contribution in [0.1, 0.15) is 32.8 Å². The number of thioether (sulfide) groups is 1. The highest BCUT2D eigenvalue weighted by molar-refractivity contribution is 7.99. The third-order valence-electron chi connectivity index (χ3n) is 3.75. The van der Waals surface area contributed by atoms with E-state index in [0.717, 1.165) is 4.90 Å². The maximum absolute atomic E-state index is 11.8. The number of hydrogen-bond acceptors (Lipinski definition) is 5. The minimum Gasteiger partial charge on any atom is -0.456 e. The van der Waals surface area contributed by atoms with Gasteiger partial charge in [-0.15, -0.1) is 11.8 Å². The number of nitrogens with one attached hydrogen (secondary N) is 1. The first kappa shape index (κ1) is 20.0. The SMILES string of the molecule is Cc1ccc(SCCC(=O)OCC(=O)N[C@](C)(C#N)C(C)C)cc1. The van der Waals surface area contributed by atoms with Gasteiger partial charge in [-0.3, -0.25) is 9.59 Å². The molecule has 0 saturated carbocycles. The average molecular weight is 348 g/mol. The molecule has 1 atom stereocenters. The molecule has 0 aliphatic rings. The van der Waals surface area contributed by atoms with Crippen LogP contribution in [-0.4, -0.2) is 29.8 Å². The van der Waals surface area contributed by atoms with E-state index in [1.165, 1.54) is 5.56 Å². The molecule has 0 radical (unpaired) electrons. The summed E-state index contributed by atoms with van der Waals surface area (Å²) >= 11 is 1.56. The second-order valence-corrected chi connectivity index (χ2v) is 7.26. The van der Waals surface area contributed by atoms with Gasteiger partial charge < -0.3 is 10.1 Å². The van der Waals surface area contributed by atoms with Crippen LogP contribution in [-0.2, 0) is 14.3 Å². The van der Waals surface area contributed by atoms with Crippen molar-refractivity contribution < 1.29 is 14.3 Å². The van der Waals surface area contributed by atoms with E-state index in [2.05, 4.69) is 11.4 Å². The van der Waals surface area contributed by atoms with Crippen molar-refractivity contribution in [3.05, 3.63) is 29.8 Å². The number of esters is 1. The van der Waals surface area contributed by atoms with Crippen LogP contribution in [0.4, 0.5) is 0 Å².